The number of benzene rings is 4. The number of carbonyl (C=O) groups is 2. The Balaban J connectivity index is 1.83. The number of anilines is 1. The summed E-state index contributed by atoms with van der Waals surface area (Å²) < 4.78 is 44.4. The van der Waals surface area contributed by atoms with Gasteiger partial charge in [0, 0.05) is 30.1 Å². The van der Waals surface area contributed by atoms with Crippen molar-refractivity contribution in [2.45, 2.75) is 51.1 Å². The van der Waals surface area contributed by atoms with E-state index in [0.29, 0.717) is 23.6 Å². The Kier molecular flexibility index (Phi) is 11.4. The molecule has 2 amide bonds. The van der Waals surface area contributed by atoms with Crippen molar-refractivity contribution in [1.29, 1.82) is 0 Å². The molecule has 0 aliphatic heterocycles. The fourth-order valence-corrected chi connectivity index (χ4v) is 6.68. The SMILES string of the molecule is CCCNC(=O)C(Cc1ccccc1)N(Cc1ccccc1F)C(=O)CN(c1ccc(Cl)cc1C)S(=O)(=O)c1ccc(C)cc1. The molecule has 0 heterocycles. The van der Waals surface area contributed by atoms with Crippen molar-refractivity contribution >= 4 is 39.1 Å². The van der Waals surface area contributed by atoms with Crippen molar-refractivity contribution in [1.82, 2.24) is 10.2 Å². The maximum Gasteiger partial charge on any atom is 0.264 e. The van der Waals surface area contributed by atoms with Crippen molar-refractivity contribution in [3.05, 3.63) is 130 Å². The van der Waals surface area contributed by atoms with Crippen LogP contribution < -0.4 is 9.62 Å². The van der Waals surface area contributed by atoms with E-state index in [-0.39, 0.29) is 29.1 Å². The maximum atomic E-state index is 15.0. The van der Waals surface area contributed by atoms with Gasteiger partial charge in [0.05, 0.1) is 10.6 Å². The zero-order valence-corrected chi connectivity index (χ0v) is 27.1. The predicted molar refractivity (Wildman–Crippen MR) is 176 cm³/mol. The number of aryl methyl sites for hydroxylation is 2. The monoisotopic (exact) mass is 649 g/mol. The van der Waals surface area contributed by atoms with Gasteiger partial charge in [-0.1, -0.05) is 84.8 Å². The molecule has 0 spiro atoms. The lowest BCUT2D eigenvalue weighted by molar-refractivity contribution is -0.140. The molecule has 4 aromatic carbocycles. The van der Waals surface area contributed by atoms with E-state index >= 15 is 4.39 Å². The molecule has 1 atom stereocenters. The molecular weight excluding hydrogens is 613 g/mol. The van der Waals surface area contributed by atoms with Gasteiger partial charge in [-0.15, -0.1) is 0 Å². The van der Waals surface area contributed by atoms with Crippen LogP contribution in [0.3, 0.4) is 0 Å². The number of carbonyl (C=O) groups excluding carboxylic acids is 2. The smallest absolute Gasteiger partial charge is 0.264 e. The molecule has 0 fully saturated rings. The first-order chi connectivity index (χ1) is 21.5. The summed E-state index contributed by atoms with van der Waals surface area (Å²) in [7, 11) is -4.27. The number of rotatable bonds is 13. The highest BCUT2D eigenvalue weighted by atomic mass is 35.5. The van der Waals surface area contributed by atoms with Crippen LogP contribution in [0.1, 0.15) is 35.6 Å². The Morgan fingerprint density at radius 3 is 2.22 bits per heavy atom. The average molecular weight is 650 g/mol. The summed E-state index contributed by atoms with van der Waals surface area (Å²) in [6.45, 7) is 4.95. The van der Waals surface area contributed by atoms with Crippen molar-refractivity contribution < 1.29 is 22.4 Å². The molecule has 1 unspecified atom stereocenters. The normalized spacial score (nSPS) is 11.9. The Hall–Kier alpha value is -4.21. The summed E-state index contributed by atoms with van der Waals surface area (Å²) in [4.78, 5) is 29.4. The van der Waals surface area contributed by atoms with Crippen LogP contribution in [0, 0.1) is 19.7 Å². The van der Waals surface area contributed by atoms with E-state index in [1.54, 1.807) is 55.5 Å². The maximum absolute atomic E-state index is 15.0. The first-order valence-electron chi connectivity index (χ1n) is 14.7. The zero-order chi connectivity index (χ0) is 32.6. The lowest BCUT2D eigenvalue weighted by atomic mass is 10.0. The molecule has 0 aromatic heterocycles. The Morgan fingerprint density at radius 1 is 0.911 bits per heavy atom. The second-order valence-corrected chi connectivity index (χ2v) is 13.2. The number of nitrogens with zero attached hydrogens (tertiary/aromatic N) is 2. The summed E-state index contributed by atoms with van der Waals surface area (Å²) in [6.07, 6.45) is 0.810. The van der Waals surface area contributed by atoms with Crippen molar-refractivity contribution in [2.24, 2.45) is 0 Å². The minimum absolute atomic E-state index is 0.00238. The summed E-state index contributed by atoms with van der Waals surface area (Å²) in [5.74, 6) is -1.63. The van der Waals surface area contributed by atoms with Gasteiger partial charge < -0.3 is 10.2 Å². The lowest BCUT2D eigenvalue weighted by Gasteiger charge is -2.34. The topological polar surface area (TPSA) is 86.8 Å². The van der Waals surface area contributed by atoms with E-state index in [9.17, 15) is 18.0 Å². The first-order valence-corrected chi connectivity index (χ1v) is 16.5. The molecule has 0 saturated carbocycles. The van der Waals surface area contributed by atoms with Crippen molar-refractivity contribution in [2.75, 3.05) is 17.4 Å². The van der Waals surface area contributed by atoms with E-state index in [2.05, 4.69) is 5.32 Å². The largest absolute Gasteiger partial charge is 0.354 e. The predicted octanol–water partition coefficient (Wildman–Crippen LogP) is 6.46. The highest BCUT2D eigenvalue weighted by Crippen LogP contribution is 2.30. The van der Waals surface area contributed by atoms with Crippen LogP contribution in [0.15, 0.2) is 102 Å². The molecule has 4 rings (SSSR count). The highest BCUT2D eigenvalue weighted by molar-refractivity contribution is 7.92. The quantitative estimate of drug-likeness (QED) is 0.180. The number of hydrogen-bond donors (Lipinski definition) is 1. The Morgan fingerprint density at radius 2 is 1.58 bits per heavy atom. The van der Waals surface area contributed by atoms with Gasteiger partial charge >= 0.3 is 0 Å². The summed E-state index contributed by atoms with van der Waals surface area (Å²) >= 11 is 6.20. The van der Waals surface area contributed by atoms with E-state index < -0.39 is 40.2 Å². The standard InChI is InChI=1S/C35H37ClFN3O4S/c1-4-20-38-35(42)33(22-27-10-6-5-7-11-27)39(23-28-12-8-9-13-31(28)37)34(41)24-40(32-19-16-29(36)21-26(32)3)45(43,44)30-17-14-25(2)15-18-30/h5-19,21,33H,4,20,22-24H2,1-3H3,(H,38,42). The van der Waals surface area contributed by atoms with Gasteiger partial charge in [0.2, 0.25) is 11.8 Å². The Bertz CT molecular complexity index is 1730. The van der Waals surface area contributed by atoms with Crippen LogP contribution in [-0.2, 0) is 32.6 Å². The molecule has 236 valence electrons. The molecule has 0 aliphatic carbocycles. The molecule has 1 N–H and O–H groups in total. The molecule has 4 aromatic rings. The summed E-state index contributed by atoms with van der Waals surface area (Å²) in [5, 5.41) is 3.29. The van der Waals surface area contributed by atoms with E-state index in [1.807, 2.05) is 44.2 Å². The van der Waals surface area contributed by atoms with E-state index in [0.717, 1.165) is 15.4 Å². The fraction of sp³-hybridized carbons (Fsp3) is 0.257. The number of halogens is 2. The van der Waals surface area contributed by atoms with Gasteiger partial charge in [0.1, 0.15) is 18.4 Å². The first kappa shape index (κ1) is 33.7. The Labute approximate surface area is 269 Å². The number of hydrogen-bond acceptors (Lipinski definition) is 4. The second kappa shape index (κ2) is 15.2. The molecule has 0 saturated heterocycles. The van der Waals surface area contributed by atoms with Gasteiger partial charge in [-0.2, -0.15) is 0 Å². The van der Waals surface area contributed by atoms with Crippen LogP contribution >= 0.6 is 11.6 Å². The van der Waals surface area contributed by atoms with Crippen LogP contribution in [0.2, 0.25) is 5.02 Å². The van der Waals surface area contributed by atoms with E-state index in [1.165, 1.54) is 23.1 Å². The van der Waals surface area contributed by atoms with Crippen LogP contribution in [0.25, 0.3) is 0 Å². The number of nitrogens with one attached hydrogen (secondary N) is 1. The average Bonchev–Trinajstić information content (AvgIpc) is 3.02. The fourth-order valence-electron chi connectivity index (χ4n) is 4.98. The molecule has 0 bridgehead atoms. The molecular formula is C35H37ClFN3O4S. The second-order valence-electron chi connectivity index (χ2n) is 10.9. The molecule has 10 heteroatoms. The highest BCUT2D eigenvalue weighted by Gasteiger charge is 2.35. The molecule has 0 radical (unpaired) electrons. The van der Waals surface area contributed by atoms with Gasteiger partial charge in [-0.05, 0) is 67.8 Å². The molecule has 7 nitrogen and oxygen atoms in total. The van der Waals surface area contributed by atoms with Gasteiger partial charge in [-0.25, -0.2) is 12.8 Å². The van der Waals surface area contributed by atoms with Gasteiger partial charge in [0.25, 0.3) is 10.0 Å². The minimum Gasteiger partial charge on any atom is -0.354 e. The van der Waals surface area contributed by atoms with Crippen molar-refractivity contribution in [3.8, 4) is 0 Å². The molecule has 0 aliphatic rings. The van der Waals surface area contributed by atoms with Crippen LogP contribution in [-0.4, -0.2) is 44.3 Å². The number of amides is 2. The van der Waals surface area contributed by atoms with Gasteiger partial charge in [0.15, 0.2) is 0 Å². The third kappa shape index (κ3) is 8.49. The van der Waals surface area contributed by atoms with Crippen LogP contribution in [0.4, 0.5) is 10.1 Å². The van der Waals surface area contributed by atoms with Crippen molar-refractivity contribution in [3.63, 3.8) is 0 Å². The molecule has 45 heavy (non-hydrogen) atoms. The third-order valence-corrected chi connectivity index (χ3v) is 9.44. The number of sulfonamides is 1. The van der Waals surface area contributed by atoms with E-state index in [4.69, 9.17) is 11.6 Å². The third-order valence-electron chi connectivity index (χ3n) is 7.43. The summed E-state index contributed by atoms with van der Waals surface area (Å²) in [6, 6.07) is 25.2. The minimum atomic E-state index is -4.27. The van der Waals surface area contributed by atoms with Crippen LogP contribution in [0.5, 0.6) is 0 Å². The van der Waals surface area contributed by atoms with Gasteiger partial charge in [-0.3, -0.25) is 13.9 Å². The summed E-state index contributed by atoms with van der Waals surface area (Å²) in [5.41, 5.74) is 2.65. The lowest BCUT2D eigenvalue weighted by Crippen LogP contribution is -2.53. The zero-order valence-electron chi connectivity index (χ0n) is 25.5.